The van der Waals surface area contributed by atoms with Crippen LogP contribution in [0.2, 0.25) is 0 Å². The zero-order chi connectivity index (χ0) is 7.98. The molecule has 0 fully saturated rings. The first kappa shape index (κ1) is 8.77. The van der Waals surface area contributed by atoms with Crippen LogP contribution < -0.4 is 5.32 Å². The Morgan fingerprint density at radius 2 is 2.30 bits per heavy atom. The van der Waals surface area contributed by atoms with Crippen molar-refractivity contribution in [3.05, 3.63) is 12.2 Å². The molecule has 0 atom stereocenters. The maximum Gasteiger partial charge on any atom is 0.296 e. The Bertz CT molecular complexity index is 195. The average Bonchev–Trinajstić information content (AvgIpc) is 1.85. The summed E-state index contributed by atoms with van der Waals surface area (Å²) in [5.74, 6) is 4.61. The number of carbonyl (C=O) groups is 1. The van der Waals surface area contributed by atoms with Gasteiger partial charge >= 0.3 is 0 Å². The Balaban J connectivity index is 3.57. The lowest BCUT2D eigenvalue weighted by atomic mass is 10.3. The molecule has 0 saturated carbocycles. The molecular weight excluding hydrogens is 126 g/mol. The zero-order valence-electron chi connectivity index (χ0n) is 6.32. The van der Waals surface area contributed by atoms with E-state index in [4.69, 9.17) is 0 Å². The molecule has 0 unspecified atom stereocenters. The van der Waals surface area contributed by atoms with E-state index < -0.39 is 0 Å². The summed E-state index contributed by atoms with van der Waals surface area (Å²) >= 11 is 0. The Morgan fingerprint density at radius 1 is 1.70 bits per heavy atom. The minimum Gasteiger partial charge on any atom is -0.342 e. The molecule has 54 valence electrons. The van der Waals surface area contributed by atoms with Crippen LogP contribution in [-0.2, 0) is 4.79 Å². The fraction of sp³-hybridized carbons (Fsp3) is 0.375. The van der Waals surface area contributed by atoms with Gasteiger partial charge in [0.05, 0.1) is 0 Å². The molecule has 0 radical (unpaired) electrons. The van der Waals surface area contributed by atoms with Crippen molar-refractivity contribution >= 4 is 5.91 Å². The van der Waals surface area contributed by atoms with Crippen LogP contribution in [0.1, 0.15) is 13.8 Å². The molecule has 0 aliphatic heterocycles. The van der Waals surface area contributed by atoms with E-state index in [9.17, 15) is 4.79 Å². The van der Waals surface area contributed by atoms with Gasteiger partial charge in [0, 0.05) is 6.54 Å². The standard InChI is InChI=1S/C8H11NO/c1-4-5-8(10)9-6-7(2)3/h2,6H2,1,3H3,(H,9,10). The molecule has 0 aromatic heterocycles. The van der Waals surface area contributed by atoms with Crippen molar-refractivity contribution in [2.75, 3.05) is 6.54 Å². The first-order valence-corrected chi connectivity index (χ1v) is 3.01. The second kappa shape index (κ2) is 4.63. The molecule has 0 heterocycles. The molecule has 0 spiro atoms. The highest BCUT2D eigenvalue weighted by Gasteiger charge is 1.91. The smallest absolute Gasteiger partial charge is 0.296 e. The van der Waals surface area contributed by atoms with Gasteiger partial charge in [-0.25, -0.2) is 0 Å². The summed E-state index contributed by atoms with van der Waals surface area (Å²) < 4.78 is 0. The molecule has 1 N–H and O–H groups in total. The largest absolute Gasteiger partial charge is 0.342 e. The van der Waals surface area contributed by atoms with Crippen molar-refractivity contribution in [1.29, 1.82) is 0 Å². The van der Waals surface area contributed by atoms with Crippen LogP contribution in [0.5, 0.6) is 0 Å². The highest BCUT2D eigenvalue weighted by Crippen LogP contribution is 1.80. The van der Waals surface area contributed by atoms with E-state index >= 15 is 0 Å². The molecular formula is C8H11NO. The molecule has 2 nitrogen and oxygen atoms in total. The molecule has 0 aromatic carbocycles. The van der Waals surface area contributed by atoms with E-state index in [1.807, 2.05) is 6.92 Å². The Labute approximate surface area is 61.3 Å². The number of nitrogens with one attached hydrogen (secondary N) is 1. The van der Waals surface area contributed by atoms with Gasteiger partial charge in [0.25, 0.3) is 5.91 Å². The zero-order valence-corrected chi connectivity index (χ0v) is 6.32. The summed E-state index contributed by atoms with van der Waals surface area (Å²) in [6.07, 6.45) is 0. The number of hydrogen-bond acceptors (Lipinski definition) is 1. The normalized spacial score (nSPS) is 7.40. The summed E-state index contributed by atoms with van der Waals surface area (Å²) in [5.41, 5.74) is 0.922. The number of hydrogen-bond donors (Lipinski definition) is 1. The van der Waals surface area contributed by atoms with Gasteiger partial charge in [-0.1, -0.05) is 18.1 Å². The molecule has 0 aliphatic carbocycles. The minimum atomic E-state index is -0.245. The van der Waals surface area contributed by atoms with E-state index in [0.29, 0.717) is 6.54 Å². The number of amides is 1. The highest BCUT2D eigenvalue weighted by atomic mass is 16.1. The molecule has 0 rings (SSSR count). The Hall–Kier alpha value is -1.23. The predicted octanol–water partition coefficient (Wildman–Crippen LogP) is 0.702. The van der Waals surface area contributed by atoms with Gasteiger partial charge in [-0.2, -0.15) is 0 Å². The molecule has 0 saturated heterocycles. The van der Waals surface area contributed by atoms with Gasteiger partial charge < -0.3 is 5.32 Å². The summed E-state index contributed by atoms with van der Waals surface area (Å²) in [4.78, 5) is 10.6. The lowest BCUT2D eigenvalue weighted by Gasteiger charge is -1.96. The van der Waals surface area contributed by atoms with Crippen LogP contribution in [0.25, 0.3) is 0 Å². The number of carbonyl (C=O) groups excluding carboxylic acids is 1. The molecule has 1 amide bonds. The van der Waals surface area contributed by atoms with Crippen LogP contribution in [0.15, 0.2) is 12.2 Å². The second-order valence-electron chi connectivity index (χ2n) is 2.01. The van der Waals surface area contributed by atoms with E-state index in [1.165, 1.54) is 0 Å². The van der Waals surface area contributed by atoms with Crippen molar-refractivity contribution in [2.24, 2.45) is 0 Å². The summed E-state index contributed by atoms with van der Waals surface area (Å²) in [6, 6.07) is 0. The van der Waals surface area contributed by atoms with Crippen LogP contribution in [0, 0.1) is 11.8 Å². The SMILES string of the molecule is C=C(C)CNC(=O)C#CC. The summed E-state index contributed by atoms with van der Waals surface area (Å²) in [7, 11) is 0. The molecule has 0 aromatic rings. The van der Waals surface area contributed by atoms with Crippen molar-refractivity contribution in [3.63, 3.8) is 0 Å². The third-order valence-electron chi connectivity index (χ3n) is 0.789. The minimum absolute atomic E-state index is 0.245. The maximum absolute atomic E-state index is 10.6. The third-order valence-corrected chi connectivity index (χ3v) is 0.789. The van der Waals surface area contributed by atoms with Gasteiger partial charge in [0.15, 0.2) is 0 Å². The highest BCUT2D eigenvalue weighted by molar-refractivity contribution is 5.93. The fourth-order valence-electron chi connectivity index (χ4n) is 0.389. The van der Waals surface area contributed by atoms with Crippen molar-refractivity contribution in [1.82, 2.24) is 5.32 Å². The van der Waals surface area contributed by atoms with Crippen molar-refractivity contribution in [2.45, 2.75) is 13.8 Å². The van der Waals surface area contributed by atoms with E-state index in [-0.39, 0.29) is 5.91 Å². The van der Waals surface area contributed by atoms with Crippen molar-refractivity contribution in [3.8, 4) is 11.8 Å². The summed E-state index contributed by atoms with van der Waals surface area (Å²) in [6.45, 7) is 7.60. The molecule has 0 bridgehead atoms. The first-order valence-electron chi connectivity index (χ1n) is 3.01. The van der Waals surface area contributed by atoms with Crippen LogP contribution in [-0.4, -0.2) is 12.5 Å². The van der Waals surface area contributed by atoms with Gasteiger partial charge in [-0.15, -0.1) is 0 Å². The van der Waals surface area contributed by atoms with Gasteiger partial charge in [-0.05, 0) is 19.8 Å². The Kier molecular flexibility index (Phi) is 4.06. The lowest BCUT2D eigenvalue weighted by molar-refractivity contribution is -0.115. The maximum atomic E-state index is 10.6. The molecule has 2 heteroatoms. The monoisotopic (exact) mass is 137 g/mol. The van der Waals surface area contributed by atoms with E-state index in [2.05, 4.69) is 23.7 Å². The van der Waals surface area contributed by atoms with Gasteiger partial charge in [0.2, 0.25) is 0 Å². The first-order chi connectivity index (χ1) is 4.66. The predicted molar refractivity (Wildman–Crippen MR) is 41.3 cm³/mol. The average molecular weight is 137 g/mol. The third kappa shape index (κ3) is 4.92. The van der Waals surface area contributed by atoms with E-state index in [1.54, 1.807) is 6.92 Å². The van der Waals surface area contributed by atoms with Crippen LogP contribution in [0.3, 0.4) is 0 Å². The Morgan fingerprint density at radius 3 is 2.70 bits per heavy atom. The van der Waals surface area contributed by atoms with Gasteiger partial charge in [-0.3, -0.25) is 4.79 Å². The topological polar surface area (TPSA) is 29.1 Å². The lowest BCUT2D eigenvalue weighted by Crippen LogP contribution is -2.22. The van der Waals surface area contributed by atoms with Gasteiger partial charge in [0.1, 0.15) is 0 Å². The summed E-state index contributed by atoms with van der Waals surface area (Å²) in [5, 5.41) is 2.57. The van der Waals surface area contributed by atoms with Crippen molar-refractivity contribution < 1.29 is 4.79 Å². The molecule has 0 aliphatic rings. The van der Waals surface area contributed by atoms with Crippen LogP contribution in [0.4, 0.5) is 0 Å². The van der Waals surface area contributed by atoms with Crippen LogP contribution >= 0.6 is 0 Å². The number of rotatable bonds is 2. The fourth-order valence-corrected chi connectivity index (χ4v) is 0.389. The van der Waals surface area contributed by atoms with E-state index in [0.717, 1.165) is 5.57 Å². The second-order valence-corrected chi connectivity index (χ2v) is 2.01. The molecule has 10 heavy (non-hydrogen) atoms. The quantitative estimate of drug-likeness (QED) is 0.440.